The Morgan fingerprint density at radius 2 is 2.20 bits per heavy atom. The molecule has 1 aromatic rings. The van der Waals surface area contributed by atoms with Crippen LogP contribution in [0.15, 0.2) is 18.2 Å². The number of amides is 1. The fraction of sp³-hybridized carbons (Fsp3) is 0.417. The van der Waals surface area contributed by atoms with Gasteiger partial charge in [-0.15, -0.1) is 0 Å². The van der Waals surface area contributed by atoms with Crippen LogP contribution in [-0.4, -0.2) is 11.9 Å². The highest BCUT2D eigenvalue weighted by Crippen LogP contribution is 2.30. The molecule has 1 unspecified atom stereocenters. The van der Waals surface area contributed by atoms with Crippen LogP contribution < -0.4 is 10.6 Å². The Morgan fingerprint density at radius 3 is 2.93 bits per heavy atom. The maximum atomic E-state index is 11.7. The zero-order valence-corrected chi connectivity index (χ0v) is 9.13. The Morgan fingerprint density at radius 1 is 1.40 bits per heavy atom. The van der Waals surface area contributed by atoms with Gasteiger partial charge in [-0.3, -0.25) is 4.79 Å². The number of benzene rings is 1. The maximum absolute atomic E-state index is 11.7. The van der Waals surface area contributed by atoms with Crippen molar-refractivity contribution in [1.29, 1.82) is 0 Å². The minimum atomic E-state index is -0.0800. The molecule has 2 N–H and O–H groups in total. The summed E-state index contributed by atoms with van der Waals surface area (Å²) < 4.78 is 0. The first-order chi connectivity index (χ1) is 7.22. The van der Waals surface area contributed by atoms with E-state index >= 15 is 0 Å². The average Bonchev–Trinajstić information content (AvgIpc) is 2.21. The van der Waals surface area contributed by atoms with E-state index in [9.17, 15) is 4.79 Å². The van der Waals surface area contributed by atoms with E-state index in [-0.39, 0.29) is 11.9 Å². The summed E-state index contributed by atoms with van der Waals surface area (Å²) in [4.78, 5) is 11.7. The summed E-state index contributed by atoms with van der Waals surface area (Å²) in [6, 6.07) is 5.85. The van der Waals surface area contributed by atoms with Gasteiger partial charge in [-0.05, 0) is 25.0 Å². The van der Waals surface area contributed by atoms with Gasteiger partial charge >= 0.3 is 0 Å². The molecule has 80 valence electrons. The van der Waals surface area contributed by atoms with Gasteiger partial charge in [0, 0.05) is 0 Å². The Labute approximate surface area is 89.9 Å². The first kappa shape index (κ1) is 10.0. The fourth-order valence-electron chi connectivity index (χ4n) is 1.92. The van der Waals surface area contributed by atoms with Gasteiger partial charge in [-0.2, -0.15) is 0 Å². The van der Waals surface area contributed by atoms with Crippen molar-refractivity contribution in [3.05, 3.63) is 23.8 Å². The molecule has 1 aromatic carbocycles. The second-order valence-corrected chi connectivity index (χ2v) is 3.97. The quantitative estimate of drug-likeness (QED) is 0.777. The molecule has 15 heavy (non-hydrogen) atoms. The molecular formula is C12H16N2O. The number of carbonyl (C=O) groups excluding carboxylic acids is 1. The molecular weight excluding hydrogens is 188 g/mol. The molecule has 0 saturated heterocycles. The van der Waals surface area contributed by atoms with Gasteiger partial charge in [0.25, 0.3) is 0 Å². The van der Waals surface area contributed by atoms with Crippen LogP contribution in [0.25, 0.3) is 0 Å². The smallest absolute Gasteiger partial charge is 0.246 e. The SMILES string of the molecule is CCCC1Nc2c(C)cccc2NC1=O. The summed E-state index contributed by atoms with van der Waals surface area (Å²) in [5, 5.41) is 6.24. The van der Waals surface area contributed by atoms with Gasteiger partial charge in [0.05, 0.1) is 11.4 Å². The maximum Gasteiger partial charge on any atom is 0.246 e. The summed E-state index contributed by atoms with van der Waals surface area (Å²) in [6.45, 7) is 4.13. The first-order valence-electron chi connectivity index (χ1n) is 5.39. The number of fused-ring (bicyclic) bond motifs is 1. The monoisotopic (exact) mass is 204 g/mol. The van der Waals surface area contributed by atoms with Crippen molar-refractivity contribution in [3.8, 4) is 0 Å². The van der Waals surface area contributed by atoms with Gasteiger partial charge in [-0.25, -0.2) is 0 Å². The number of rotatable bonds is 2. The second kappa shape index (κ2) is 3.93. The number of carbonyl (C=O) groups is 1. The van der Waals surface area contributed by atoms with Gasteiger partial charge in [0.1, 0.15) is 6.04 Å². The van der Waals surface area contributed by atoms with Crippen molar-refractivity contribution >= 4 is 17.3 Å². The molecule has 3 heteroatoms. The van der Waals surface area contributed by atoms with E-state index in [2.05, 4.69) is 17.6 Å². The van der Waals surface area contributed by atoms with Crippen molar-refractivity contribution in [2.45, 2.75) is 32.7 Å². The molecule has 1 atom stereocenters. The van der Waals surface area contributed by atoms with Crippen LogP contribution >= 0.6 is 0 Å². The summed E-state index contributed by atoms with van der Waals surface area (Å²) >= 11 is 0. The lowest BCUT2D eigenvalue weighted by Crippen LogP contribution is -2.38. The van der Waals surface area contributed by atoms with Crippen LogP contribution in [0.1, 0.15) is 25.3 Å². The Bertz CT molecular complexity index is 387. The number of anilines is 2. The third-order valence-electron chi connectivity index (χ3n) is 2.74. The first-order valence-corrected chi connectivity index (χ1v) is 5.39. The minimum absolute atomic E-state index is 0.0787. The number of aryl methyl sites for hydroxylation is 1. The van der Waals surface area contributed by atoms with Crippen LogP contribution in [0.2, 0.25) is 0 Å². The van der Waals surface area contributed by atoms with Gasteiger partial charge in [0.15, 0.2) is 0 Å². The summed E-state index contributed by atoms with van der Waals surface area (Å²) in [5.41, 5.74) is 3.14. The lowest BCUT2D eigenvalue weighted by Gasteiger charge is -2.27. The van der Waals surface area contributed by atoms with E-state index in [0.717, 1.165) is 24.2 Å². The van der Waals surface area contributed by atoms with E-state index in [1.807, 2.05) is 25.1 Å². The van der Waals surface area contributed by atoms with Gasteiger partial charge in [0.2, 0.25) is 5.91 Å². The van der Waals surface area contributed by atoms with Crippen LogP contribution in [-0.2, 0) is 4.79 Å². The van der Waals surface area contributed by atoms with Gasteiger partial charge < -0.3 is 10.6 Å². The molecule has 0 aromatic heterocycles. The molecule has 1 aliphatic rings. The Hall–Kier alpha value is -1.51. The van der Waals surface area contributed by atoms with Crippen LogP contribution in [0.3, 0.4) is 0 Å². The number of para-hydroxylation sites is 1. The Balaban J connectivity index is 2.30. The number of hydrogen-bond acceptors (Lipinski definition) is 2. The van der Waals surface area contributed by atoms with Crippen molar-refractivity contribution in [1.82, 2.24) is 0 Å². The van der Waals surface area contributed by atoms with Crippen LogP contribution in [0.5, 0.6) is 0 Å². The van der Waals surface area contributed by atoms with Crippen molar-refractivity contribution in [3.63, 3.8) is 0 Å². The summed E-state index contributed by atoms with van der Waals surface area (Å²) in [7, 11) is 0. The van der Waals surface area contributed by atoms with E-state index in [1.54, 1.807) is 0 Å². The zero-order valence-electron chi connectivity index (χ0n) is 9.13. The fourth-order valence-corrected chi connectivity index (χ4v) is 1.92. The highest BCUT2D eigenvalue weighted by molar-refractivity contribution is 6.03. The lowest BCUT2D eigenvalue weighted by atomic mass is 10.0. The third kappa shape index (κ3) is 1.82. The van der Waals surface area contributed by atoms with Crippen molar-refractivity contribution < 1.29 is 4.79 Å². The lowest BCUT2D eigenvalue weighted by molar-refractivity contribution is -0.117. The second-order valence-electron chi connectivity index (χ2n) is 3.97. The zero-order chi connectivity index (χ0) is 10.8. The summed E-state index contributed by atoms with van der Waals surface area (Å²) in [5.74, 6) is 0.0787. The average molecular weight is 204 g/mol. The largest absolute Gasteiger partial charge is 0.372 e. The minimum Gasteiger partial charge on any atom is -0.372 e. The summed E-state index contributed by atoms with van der Waals surface area (Å²) in [6.07, 6.45) is 1.88. The van der Waals surface area contributed by atoms with E-state index in [4.69, 9.17) is 0 Å². The molecule has 0 aliphatic carbocycles. The van der Waals surface area contributed by atoms with Crippen LogP contribution in [0, 0.1) is 6.92 Å². The predicted octanol–water partition coefficient (Wildman–Crippen LogP) is 2.53. The molecule has 0 radical (unpaired) electrons. The molecule has 1 heterocycles. The van der Waals surface area contributed by atoms with Gasteiger partial charge in [-0.1, -0.05) is 25.5 Å². The van der Waals surface area contributed by atoms with E-state index in [1.165, 1.54) is 5.56 Å². The molecule has 0 spiro atoms. The van der Waals surface area contributed by atoms with E-state index in [0.29, 0.717) is 0 Å². The molecule has 0 bridgehead atoms. The normalized spacial score (nSPS) is 19.1. The molecule has 3 nitrogen and oxygen atoms in total. The topological polar surface area (TPSA) is 41.1 Å². The number of hydrogen-bond donors (Lipinski definition) is 2. The molecule has 1 aliphatic heterocycles. The highest BCUT2D eigenvalue weighted by atomic mass is 16.2. The highest BCUT2D eigenvalue weighted by Gasteiger charge is 2.24. The van der Waals surface area contributed by atoms with E-state index < -0.39 is 0 Å². The van der Waals surface area contributed by atoms with Crippen molar-refractivity contribution in [2.24, 2.45) is 0 Å². The Kier molecular flexibility index (Phi) is 2.62. The van der Waals surface area contributed by atoms with Crippen LogP contribution in [0.4, 0.5) is 11.4 Å². The predicted molar refractivity (Wildman–Crippen MR) is 62.1 cm³/mol. The third-order valence-corrected chi connectivity index (χ3v) is 2.74. The molecule has 0 saturated carbocycles. The van der Waals surface area contributed by atoms with Crippen molar-refractivity contribution in [2.75, 3.05) is 10.6 Å². The number of nitrogens with one attached hydrogen (secondary N) is 2. The molecule has 2 rings (SSSR count). The molecule has 0 fully saturated rings. The standard InChI is InChI=1S/C12H16N2O/c1-3-5-10-12(15)14-9-7-4-6-8(2)11(9)13-10/h4,6-7,10,13H,3,5H2,1-2H3,(H,14,15). The molecule has 1 amide bonds.